The highest BCUT2D eigenvalue weighted by atomic mass is 79.9. The van der Waals surface area contributed by atoms with Gasteiger partial charge < -0.3 is 19.5 Å². The number of carbonyl (C=O) groups excluding carboxylic acids is 1. The standard InChI is InChI=1S/C26H29BrN4O4/c1-5-6-11-34-25(32)22-17(3)30-26-28-15-29-31(26)23(22)19-12-20(27)24(21(13-19)33-4)35-14-18-9-7-16(2)8-10-18/h7-10,12-13,15,23H,5-6,11,14H2,1-4H3,(H,28,29,30). The zero-order chi connectivity index (χ0) is 24.9. The first-order chi connectivity index (χ1) is 16.9. The van der Waals surface area contributed by atoms with Crippen LogP contribution >= 0.6 is 15.9 Å². The van der Waals surface area contributed by atoms with Crippen LogP contribution in [0.1, 0.15) is 49.4 Å². The molecular weight excluding hydrogens is 512 g/mol. The van der Waals surface area contributed by atoms with E-state index >= 15 is 0 Å². The van der Waals surface area contributed by atoms with Crippen LogP contribution in [-0.4, -0.2) is 34.5 Å². The molecule has 3 aromatic rings. The van der Waals surface area contributed by atoms with E-state index in [9.17, 15) is 4.79 Å². The van der Waals surface area contributed by atoms with Gasteiger partial charge in [-0.25, -0.2) is 9.48 Å². The summed E-state index contributed by atoms with van der Waals surface area (Å²) in [6.07, 6.45) is 3.20. The third-order valence-corrected chi connectivity index (χ3v) is 6.41. The van der Waals surface area contributed by atoms with Crippen molar-refractivity contribution >= 4 is 27.8 Å². The lowest BCUT2D eigenvalue weighted by molar-refractivity contribution is -0.139. The van der Waals surface area contributed by atoms with Crippen molar-refractivity contribution in [2.24, 2.45) is 0 Å². The largest absolute Gasteiger partial charge is 0.493 e. The van der Waals surface area contributed by atoms with E-state index in [1.165, 1.54) is 11.9 Å². The summed E-state index contributed by atoms with van der Waals surface area (Å²) in [6, 6.07) is 11.4. The molecule has 2 aromatic carbocycles. The second-order valence-electron chi connectivity index (χ2n) is 8.39. The highest BCUT2D eigenvalue weighted by Crippen LogP contribution is 2.43. The minimum Gasteiger partial charge on any atom is -0.493 e. The number of esters is 1. The summed E-state index contributed by atoms with van der Waals surface area (Å²) in [6.45, 7) is 6.70. The Hall–Kier alpha value is -3.33. The lowest BCUT2D eigenvalue weighted by Crippen LogP contribution is -2.30. The van der Waals surface area contributed by atoms with Crippen LogP contribution in [0.15, 0.2) is 58.5 Å². The van der Waals surface area contributed by atoms with Gasteiger partial charge in [0.2, 0.25) is 5.95 Å². The minimum absolute atomic E-state index is 0.363. The number of allylic oxidation sites excluding steroid dienone is 1. The maximum Gasteiger partial charge on any atom is 0.338 e. The lowest BCUT2D eigenvalue weighted by atomic mass is 9.95. The number of aryl methyl sites for hydroxylation is 1. The zero-order valence-corrected chi connectivity index (χ0v) is 21.9. The number of nitrogens with zero attached hydrogens (tertiary/aromatic N) is 3. The molecule has 35 heavy (non-hydrogen) atoms. The van der Waals surface area contributed by atoms with Crippen LogP contribution < -0.4 is 14.8 Å². The van der Waals surface area contributed by atoms with Gasteiger partial charge in [-0.3, -0.25) is 0 Å². The van der Waals surface area contributed by atoms with Crippen LogP contribution in [0, 0.1) is 6.92 Å². The number of methoxy groups -OCH3 is 1. The predicted molar refractivity (Wildman–Crippen MR) is 137 cm³/mol. The molecule has 4 rings (SSSR count). The smallest absolute Gasteiger partial charge is 0.338 e. The third kappa shape index (κ3) is 5.35. The van der Waals surface area contributed by atoms with Crippen molar-refractivity contribution in [3.8, 4) is 11.5 Å². The number of ether oxygens (including phenoxy) is 3. The molecule has 0 amide bonds. The number of fused-ring (bicyclic) bond motifs is 1. The normalized spacial score (nSPS) is 14.8. The molecule has 0 spiro atoms. The van der Waals surface area contributed by atoms with Crippen molar-refractivity contribution in [3.63, 3.8) is 0 Å². The number of benzene rings is 2. The maximum absolute atomic E-state index is 13.1. The van der Waals surface area contributed by atoms with E-state index in [2.05, 4.69) is 50.4 Å². The Balaban J connectivity index is 1.69. The number of hydrogen-bond acceptors (Lipinski definition) is 7. The Morgan fingerprint density at radius 3 is 2.69 bits per heavy atom. The van der Waals surface area contributed by atoms with Gasteiger partial charge in [-0.15, -0.1) is 0 Å². The SMILES string of the molecule is CCCCOC(=O)C1=C(C)Nc2ncnn2C1c1cc(Br)c(OCc2ccc(C)cc2)c(OC)c1. The average molecular weight is 541 g/mol. The van der Waals surface area contributed by atoms with Gasteiger partial charge in [0, 0.05) is 5.70 Å². The molecule has 8 nitrogen and oxygen atoms in total. The van der Waals surface area contributed by atoms with Crippen LogP contribution in [0.4, 0.5) is 5.95 Å². The van der Waals surface area contributed by atoms with E-state index in [4.69, 9.17) is 14.2 Å². The molecule has 184 valence electrons. The molecule has 1 aliphatic heterocycles. The first-order valence-electron chi connectivity index (χ1n) is 11.5. The van der Waals surface area contributed by atoms with Crippen LogP contribution in [0.2, 0.25) is 0 Å². The number of halogens is 1. The van der Waals surface area contributed by atoms with Gasteiger partial charge in [0.05, 0.1) is 23.8 Å². The summed E-state index contributed by atoms with van der Waals surface area (Å²) >= 11 is 3.65. The van der Waals surface area contributed by atoms with E-state index in [0.717, 1.165) is 24.0 Å². The van der Waals surface area contributed by atoms with Crippen molar-refractivity contribution in [2.75, 3.05) is 19.0 Å². The highest BCUT2D eigenvalue weighted by Gasteiger charge is 2.35. The van der Waals surface area contributed by atoms with E-state index in [1.807, 2.05) is 38.1 Å². The Labute approximate surface area is 213 Å². The van der Waals surface area contributed by atoms with Crippen LogP contribution in [0.25, 0.3) is 0 Å². The topological polar surface area (TPSA) is 87.5 Å². The third-order valence-electron chi connectivity index (χ3n) is 5.82. The molecule has 0 fully saturated rings. The quantitative estimate of drug-likeness (QED) is 0.280. The summed E-state index contributed by atoms with van der Waals surface area (Å²) < 4.78 is 19.8. The molecule has 1 aromatic heterocycles. The molecule has 9 heteroatoms. The summed E-state index contributed by atoms with van der Waals surface area (Å²) in [5, 5.41) is 7.54. The summed E-state index contributed by atoms with van der Waals surface area (Å²) in [4.78, 5) is 17.4. The molecule has 1 atom stereocenters. The van der Waals surface area contributed by atoms with Gasteiger partial charge in [-0.1, -0.05) is 43.2 Å². The second kappa shape index (κ2) is 10.9. The fourth-order valence-corrected chi connectivity index (χ4v) is 4.50. The van der Waals surface area contributed by atoms with Crippen molar-refractivity contribution in [1.82, 2.24) is 14.8 Å². The second-order valence-corrected chi connectivity index (χ2v) is 9.25. The van der Waals surface area contributed by atoms with Crippen LogP contribution in [-0.2, 0) is 16.1 Å². The minimum atomic E-state index is -0.542. The van der Waals surface area contributed by atoms with Crippen molar-refractivity contribution in [2.45, 2.75) is 46.3 Å². The molecule has 0 bridgehead atoms. The Morgan fingerprint density at radius 1 is 1.20 bits per heavy atom. The number of nitrogens with one attached hydrogen (secondary N) is 1. The predicted octanol–water partition coefficient (Wildman–Crippen LogP) is 5.57. The molecule has 0 saturated heterocycles. The number of unbranched alkanes of at least 4 members (excludes halogenated alkanes) is 1. The summed E-state index contributed by atoms with van der Waals surface area (Å²) in [5.41, 5.74) is 4.17. The first-order valence-corrected chi connectivity index (χ1v) is 12.3. The number of aromatic nitrogens is 3. The van der Waals surface area contributed by atoms with Gasteiger partial charge in [0.25, 0.3) is 0 Å². The van der Waals surface area contributed by atoms with Gasteiger partial charge >= 0.3 is 5.97 Å². The van der Waals surface area contributed by atoms with Crippen molar-refractivity contribution in [1.29, 1.82) is 0 Å². The molecule has 1 aliphatic rings. The fraction of sp³-hybridized carbons (Fsp3) is 0.346. The van der Waals surface area contributed by atoms with Crippen LogP contribution in [0.5, 0.6) is 11.5 Å². The van der Waals surface area contributed by atoms with Crippen molar-refractivity contribution < 1.29 is 19.0 Å². The van der Waals surface area contributed by atoms with Gasteiger partial charge in [-0.2, -0.15) is 10.1 Å². The first kappa shape index (κ1) is 24.8. The zero-order valence-electron chi connectivity index (χ0n) is 20.3. The summed E-state index contributed by atoms with van der Waals surface area (Å²) in [5.74, 6) is 1.28. The number of anilines is 1. The molecule has 1 unspecified atom stereocenters. The average Bonchev–Trinajstić information content (AvgIpc) is 3.31. The fourth-order valence-electron chi connectivity index (χ4n) is 3.93. The van der Waals surface area contributed by atoms with Crippen LogP contribution in [0.3, 0.4) is 0 Å². The molecule has 0 aliphatic carbocycles. The Bertz CT molecular complexity index is 1240. The van der Waals surface area contributed by atoms with Gasteiger partial charge in [-0.05, 0) is 59.5 Å². The van der Waals surface area contributed by atoms with Gasteiger partial charge in [0.1, 0.15) is 19.0 Å². The molecule has 0 saturated carbocycles. The number of hydrogen-bond donors (Lipinski definition) is 1. The van der Waals surface area contributed by atoms with E-state index in [0.29, 0.717) is 46.4 Å². The Kier molecular flexibility index (Phi) is 7.75. The van der Waals surface area contributed by atoms with Gasteiger partial charge in [0.15, 0.2) is 11.5 Å². The van der Waals surface area contributed by atoms with E-state index < -0.39 is 6.04 Å². The highest BCUT2D eigenvalue weighted by molar-refractivity contribution is 9.10. The van der Waals surface area contributed by atoms with E-state index in [1.54, 1.807) is 11.8 Å². The molecule has 2 heterocycles. The monoisotopic (exact) mass is 540 g/mol. The lowest BCUT2D eigenvalue weighted by Gasteiger charge is -2.29. The maximum atomic E-state index is 13.1. The summed E-state index contributed by atoms with van der Waals surface area (Å²) in [7, 11) is 1.59. The molecule has 0 radical (unpaired) electrons. The van der Waals surface area contributed by atoms with Crippen molar-refractivity contribution in [3.05, 3.63) is 75.2 Å². The number of rotatable bonds is 9. The number of carbonyl (C=O) groups is 1. The van der Waals surface area contributed by atoms with E-state index in [-0.39, 0.29) is 5.97 Å². The Morgan fingerprint density at radius 2 is 1.97 bits per heavy atom. The molecule has 1 N–H and O–H groups in total. The molecular formula is C26H29BrN4O4.